The summed E-state index contributed by atoms with van der Waals surface area (Å²) in [6, 6.07) is 19.7. The number of nitrogens with zero attached hydrogens (tertiary/aromatic N) is 2. The normalized spacial score (nSPS) is 11.9. The van der Waals surface area contributed by atoms with Crippen LogP contribution in [0, 0.1) is 0 Å². The van der Waals surface area contributed by atoms with Crippen molar-refractivity contribution < 1.29 is 9.21 Å². The molecule has 0 saturated carbocycles. The first-order valence-electron chi connectivity index (χ1n) is 8.19. The monoisotopic (exact) mass is 395 g/mol. The molecule has 4 rings (SSSR count). The van der Waals surface area contributed by atoms with Gasteiger partial charge >= 0.3 is 0 Å². The molecule has 1 amide bonds. The third kappa shape index (κ3) is 3.92. The molecule has 0 fully saturated rings. The van der Waals surface area contributed by atoms with Gasteiger partial charge in [-0.05, 0) is 41.3 Å². The summed E-state index contributed by atoms with van der Waals surface area (Å²) in [5.41, 5.74) is 1.61. The van der Waals surface area contributed by atoms with Crippen molar-refractivity contribution in [3.63, 3.8) is 0 Å². The summed E-state index contributed by atoms with van der Waals surface area (Å²) < 4.78 is 5.87. The van der Waals surface area contributed by atoms with Crippen LogP contribution in [-0.2, 0) is 0 Å². The van der Waals surface area contributed by atoms with Gasteiger partial charge in [0.15, 0.2) is 0 Å². The summed E-state index contributed by atoms with van der Waals surface area (Å²) in [6.45, 7) is 0. The highest BCUT2D eigenvalue weighted by Gasteiger charge is 2.24. The van der Waals surface area contributed by atoms with Crippen LogP contribution < -0.4 is 5.32 Å². The van der Waals surface area contributed by atoms with E-state index in [0.717, 1.165) is 11.1 Å². The summed E-state index contributed by atoms with van der Waals surface area (Å²) in [5.74, 6) is 0.495. The van der Waals surface area contributed by atoms with E-state index in [1.165, 1.54) is 11.3 Å². The number of nitrogens with one attached hydrogen (secondary N) is 1. The Morgan fingerprint density at radius 1 is 1.00 bits per heavy atom. The first-order chi connectivity index (χ1) is 13.2. The van der Waals surface area contributed by atoms with Gasteiger partial charge in [-0.15, -0.1) is 21.5 Å². The van der Waals surface area contributed by atoms with E-state index in [4.69, 9.17) is 16.0 Å². The van der Waals surface area contributed by atoms with Gasteiger partial charge in [-0.25, -0.2) is 0 Å². The number of carbonyl (C=O) groups is 1. The number of amides is 1. The van der Waals surface area contributed by atoms with Gasteiger partial charge in [-0.3, -0.25) is 4.79 Å². The van der Waals surface area contributed by atoms with Crippen LogP contribution in [-0.4, -0.2) is 16.1 Å². The van der Waals surface area contributed by atoms with Crippen molar-refractivity contribution in [2.75, 3.05) is 0 Å². The summed E-state index contributed by atoms with van der Waals surface area (Å²) >= 11 is 7.30. The molecule has 0 radical (unpaired) electrons. The van der Waals surface area contributed by atoms with Crippen molar-refractivity contribution in [1.82, 2.24) is 15.5 Å². The molecule has 134 valence electrons. The first-order valence-corrected chi connectivity index (χ1v) is 9.45. The Kier molecular flexibility index (Phi) is 5.00. The Morgan fingerprint density at radius 3 is 2.48 bits per heavy atom. The molecule has 1 atom stereocenters. The fourth-order valence-electron chi connectivity index (χ4n) is 2.60. The lowest BCUT2D eigenvalue weighted by atomic mass is 10.1. The minimum Gasteiger partial charge on any atom is -0.418 e. The van der Waals surface area contributed by atoms with Crippen LogP contribution in [0.1, 0.15) is 27.2 Å². The molecule has 0 bridgehead atoms. The minimum atomic E-state index is -0.547. The van der Waals surface area contributed by atoms with Gasteiger partial charge in [-0.1, -0.05) is 48.0 Å². The molecule has 0 aliphatic heterocycles. The third-order valence-electron chi connectivity index (χ3n) is 3.93. The SMILES string of the molecule is O=C(N[C@@H](c1ccccc1)c1nnc(-c2ccc(Cl)cc2)o1)c1cccs1. The highest BCUT2D eigenvalue weighted by Crippen LogP contribution is 2.26. The predicted octanol–water partition coefficient (Wildman–Crippen LogP) is 4.97. The molecule has 0 aliphatic carbocycles. The van der Waals surface area contributed by atoms with Crippen LogP contribution in [0.4, 0.5) is 0 Å². The van der Waals surface area contributed by atoms with Crippen molar-refractivity contribution in [2.24, 2.45) is 0 Å². The lowest BCUT2D eigenvalue weighted by molar-refractivity contribution is 0.0942. The Morgan fingerprint density at radius 2 is 1.78 bits per heavy atom. The molecule has 0 unspecified atom stereocenters. The predicted molar refractivity (Wildman–Crippen MR) is 105 cm³/mol. The van der Waals surface area contributed by atoms with Gasteiger partial charge in [0.25, 0.3) is 5.91 Å². The van der Waals surface area contributed by atoms with Crippen molar-refractivity contribution in [2.45, 2.75) is 6.04 Å². The lowest BCUT2D eigenvalue weighted by Gasteiger charge is -2.15. The van der Waals surface area contributed by atoms with Crippen molar-refractivity contribution in [3.8, 4) is 11.5 Å². The van der Waals surface area contributed by atoms with Crippen LogP contribution in [0.2, 0.25) is 5.02 Å². The second kappa shape index (κ2) is 7.73. The van der Waals surface area contributed by atoms with Crippen molar-refractivity contribution in [1.29, 1.82) is 0 Å². The highest BCUT2D eigenvalue weighted by atomic mass is 35.5. The molecule has 2 heterocycles. The van der Waals surface area contributed by atoms with E-state index < -0.39 is 6.04 Å². The van der Waals surface area contributed by atoms with Crippen molar-refractivity contribution in [3.05, 3.63) is 93.5 Å². The molecule has 0 aliphatic rings. The van der Waals surface area contributed by atoms with Gasteiger partial charge in [0.2, 0.25) is 11.8 Å². The van der Waals surface area contributed by atoms with Gasteiger partial charge in [0.05, 0.1) is 4.88 Å². The van der Waals surface area contributed by atoms with E-state index in [0.29, 0.717) is 21.7 Å². The number of rotatable bonds is 5. The van der Waals surface area contributed by atoms with E-state index in [1.807, 2.05) is 41.8 Å². The zero-order valence-electron chi connectivity index (χ0n) is 14.0. The van der Waals surface area contributed by atoms with Gasteiger partial charge < -0.3 is 9.73 Å². The van der Waals surface area contributed by atoms with Gasteiger partial charge in [0.1, 0.15) is 6.04 Å². The van der Waals surface area contributed by atoms with Crippen LogP contribution in [0.3, 0.4) is 0 Å². The van der Waals surface area contributed by atoms with Crippen LogP contribution in [0.15, 0.2) is 76.5 Å². The van der Waals surface area contributed by atoms with Crippen molar-refractivity contribution >= 4 is 28.8 Å². The molecular weight excluding hydrogens is 382 g/mol. The van der Waals surface area contributed by atoms with Gasteiger partial charge in [0, 0.05) is 10.6 Å². The molecule has 0 saturated heterocycles. The molecule has 0 spiro atoms. The second-order valence-electron chi connectivity index (χ2n) is 5.75. The molecule has 2 aromatic heterocycles. The van der Waals surface area contributed by atoms with E-state index in [-0.39, 0.29) is 5.91 Å². The first kappa shape index (κ1) is 17.5. The maximum Gasteiger partial charge on any atom is 0.262 e. The van der Waals surface area contributed by atoms with E-state index in [9.17, 15) is 4.79 Å². The zero-order valence-corrected chi connectivity index (χ0v) is 15.6. The molecule has 1 N–H and O–H groups in total. The molecule has 5 nitrogen and oxygen atoms in total. The summed E-state index contributed by atoms with van der Waals surface area (Å²) in [7, 11) is 0. The number of hydrogen-bond donors (Lipinski definition) is 1. The molecule has 7 heteroatoms. The Hall–Kier alpha value is -2.96. The fourth-order valence-corrected chi connectivity index (χ4v) is 3.36. The average Bonchev–Trinajstić information content (AvgIpc) is 3.39. The number of benzene rings is 2. The number of carbonyl (C=O) groups excluding carboxylic acids is 1. The average molecular weight is 396 g/mol. The highest BCUT2D eigenvalue weighted by molar-refractivity contribution is 7.12. The zero-order chi connectivity index (χ0) is 18.6. The summed E-state index contributed by atoms with van der Waals surface area (Å²) in [4.78, 5) is 13.2. The quantitative estimate of drug-likeness (QED) is 0.518. The Bertz CT molecular complexity index is 1030. The molecule has 2 aromatic carbocycles. The Balaban J connectivity index is 1.66. The number of thiophene rings is 1. The van der Waals surface area contributed by atoms with E-state index in [1.54, 1.807) is 30.3 Å². The van der Waals surface area contributed by atoms with E-state index in [2.05, 4.69) is 15.5 Å². The lowest BCUT2D eigenvalue weighted by Crippen LogP contribution is -2.29. The molecular formula is C20H14ClN3O2S. The number of hydrogen-bond acceptors (Lipinski definition) is 5. The Labute approximate surface area is 164 Å². The maximum atomic E-state index is 12.6. The minimum absolute atomic E-state index is 0.190. The maximum absolute atomic E-state index is 12.6. The topological polar surface area (TPSA) is 68.0 Å². The van der Waals surface area contributed by atoms with E-state index >= 15 is 0 Å². The van der Waals surface area contributed by atoms with Crippen LogP contribution in [0.25, 0.3) is 11.5 Å². The smallest absolute Gasteiger partial charge is 0.262 e. The number of halogens is 1. The summed E-state index contributed by atoms with van der Waals surface area (Å²) in [6.07, 6.45) is 0. The second-order valence-corrected chi connectivity index (χ2v) is 7.13. The summed E-state index contributed by atoms with van der Waals surface area (Å²) in [5, 5.41) is 13.8. The number of aromatic nitrogens is 2. The largest absolute Gasteiger partial charge is 0.418 e. The third-order valence-corrected chi connectivity index (χ3v) is 5.05. The standard InChI is InChI=1S/C20H14ClN3O2S/c21-15-10-8-14(9-11-15)19-23-24-20(26-19)17(13-5-2-1-3-6-13)22-18(25)16-7-4-12-27-16/h1-12,17H,(H,22,25)/t17-/m0/s1. The van der Waals surface area contributed by atoms with Crippen LogP contribution >= 0.6 is 22.9 Å². The fraction of sp³-hybridized carbons (Fsp3) is 0.0500. The molecule has 4 aromatic rings. The molecule has 27 heavy (non-hydrogen) atoms. The van der Waals surface area contributed by atoms with Gasteiger partial charge in [-0.2, -0.15) is 0 Å². The van der Waals surface area contributed by atoms with Crippen LogP contribution in [0.5, 0.6) is 0 Å².